The Morgan fingerprint density at radius 1 is 0.352 bits per heavy atom. The minimum Gasteiger partial charge on any atom is -0.455 e. The summed E-state index contributed by atoms with van der Waals surface area (Å²) in [5, 5.41) is 14.9. The maximum atomic E-state index is 6.52. The van der Waals surface area contributed by atoms with Crippen molar-refractivity contribution in [3.63, 3.8) is 0 Å². The Kier molecular flexibility index (Phi) is 6.28. The van der Waals surface area contributed by atoms with E-state index in [-0.39, 0.29) is 0 Å². The lowest BCUT2D eigenvalue weighted by Crippen LogP contribution is -1.91. The van der Waals surface area contributed by atoms with Gasteiger partial charge >= 0.3 is 0 Å². The monoisotopic (exact) mass is 702 g/mol. The highest BCUT2D eigenvalue weighted by Crippen LogP contribution is 2.47. The van der Waals surface area contributed by atoms with Gasteiger partial charge in [0.25, 0.3) is 0 Å². The molecule has 12 rings (SSSR count). The minimum absolute atomic E-state index is 0.946. The molecule has 0 N–H and O–H groups in total. The minimum atomic E-state index is 0.946. The normalized spacial score (nSPS) is 12.1. The molecule has 12 aromatic rings. The zero-order valence-corrected chi connectivity index (χ0v) is 30.0. The first-order chi connectivity index (χ1) is 26.8. The molecule has 2 heterocycles. The summed E-state index contributed by atoms with van der Waals surface area (Å²) in [5.74, 6) is 0. The molecule has 0 saturated carbocycles. The van der Waals surface area contributed by atoms with Crippen LogP contribution in [0.25, 0.3) is 119 Å². The van der Waals surface area contributed by atoms with Gasteiger partial charge in [0, 0.05) is 36.3 Å². The molecule has 250 valence electrons. The lowest BCUT2D eigenvalue weighted by molar-refractivity contribution is 0.673. The molecule has 2 heteroatoms. The van der Waals surface area contributed by atoms with Gasteiger partial charge in [-0.05, 0) is 101 Å². The standard InChI is InChI=1S/C52H30OS/c1-3-13-36-32(10-1)12-9-19-38(36)49-41-17-7-5-15-39(41)48(40-16-6-8-18-42(40)49)34-22-20-31(21-23-34)35-25-29-47-45(30-35)43-27-28-46-50(52(43)54-47)44-26-24-33-11-2-4-14-37(33)51(44)53-46/h1-30H. The van der Waals surface area contributed by atoms with Gasteiger partial charge in [-0.2, -0.15) is 0 Å². The van der Waals surface area contributed by atoms with E-state index < -0.39 is 0 Å². The maximum Gasteiger partial charge on any atom is 0.143 e. The second-order valence-corrected chi connectivity index (χ2v) is 15.4. The molecule has 0 aliphatic heterocycles. The number of fused-ring (bicyclic) bond motifs is 12. The Hall–Kier alpha value is -6.74. The molecule has 54 heavy (non-hydrogen) atoms. The van der Waals surface area contributed by atoms with Crippen LogP contribution in [0.4, 0.5) is 0 Å². The fraction of sp³-hybridized carbons (Fsp3) is 0. The van der Waals surface area contributed by atoms with Crippen molar-refractivity contribution in [1.29, 1.82) is 0 Å². The van der Waals surface area contributed by atoms with E-state index >= 15 is 0 Å². The van der Waals surface area contributed by atoms with E-state index in [0.29, 0.717) is 0 Å². The van der Waals surface area contributed by atoms with Crippen LogP contribution in [-0.2, 0) is 0 Å². The van der Waals surface area contributed by atoms with Crippen molar-refractivity contribution in [2.45, 2.75) is 0 Å². The quantitative estimate of drug-likeness (QED) is 0.167. The van der Waals surface area contributed by atoms with Crippen LogP contribution in [0.15, 0.2) is 186 Å². The van der Waals surface area contributed by atoms with Crippen LogP contribution in [0.5, 0.6) is 0 Å². The van der Waals surface area contributed by atoms with Crippen molar-refractivity contribution in [3.05, 3.63) is 182 Å². The first-order valence-electron chi connectivity index (χ1n) is 18.5. The molecule has 10 aromatic carbocycles. The molecule has 0 amide bonds. The van der Waals surface area contributed by atoms with Gasteiger partial charge in [0.05, 0.1) is 0 Å². The molecule has 0 aliphatic carbocycles. The number of benzene rings is 10. The van der Waals surface area contributed by atoms with Crippen LogP contribution < -0.4 is 0 Å². The molecule has 0 fully saturated rings. The summed E-state index contributed by atoms with van der Waals surface area (Å²) in [4.78, 5) is 0. The van der Waals surface area contributed by atoms with Gasteiger partial charge in [0.2, 0.25) is 0 Å². The summed E-state index contributed by atoms with van der Waals surface area (Å²) in [6.07, 6.45) is 0. The Balaban J connectivity index is 1.00. The van der Waals surface area contributed by atoms with E-state index in [1.807, 2.05) is 11.3 Å². The van der Waals surface area contributed by atoms with E-state index in [9.17, 15) is 0 Å². The van der Waals surface area contributed by atoms with Crippen molar-refractivity contribution in [2.24, 2.45) is 0 Å². The van der Waals surface area contributed by atoms with E-state index in [4.69, 9.17) is 4.42 Å². The third-order valence-corrected chi connectivity index (χ3v) is 12.7. The lowest BCUT2D eigenvalue weighted by Gasteiger charge is -2.19. The molecular weight excluding hydrogens is 673 g/mol. The number of hydrogen-bond acceptors (Lipinski definition) is 2. The van der Waals surface area contributed by atoms with Crippen molar-refractivity contribution in [2.75, 3.05) is 0 Å². The Labute approximate surface area is 314 Å². The maximum absolute atomic E-state index is 6.52. The molecule has 0 atom stereocenters. The van der Waals surface area contributed by atoms with Gasteiger partial charge in [0.1, 0.15) is 11.2 Å². The first kappa shape index (κ1) is 29.8. The average Bonchev–Trinajstić information content (AvgIpc) is 3.81. The molecule has 0 spiro atoms. The lowest BCUT2D eigenvalue weighted by atomic mass is 9.84. The molecule has 0 bridgehead atoms. The van der Waals surface area contributed by atoms with Crippen molar-refractivity contribution in [3.8, 4) is 33.4 Å². The highest BCUT2D eigenvalue weighted by atomic mass is 32.1. The van der Waals surface area contributed by atoms with E-state index in [2.05, 4.69) is 182 Å². The van der Waals surface area contributed by atoms with Gasteiger partial charge in [-0.3, -0.25) is 0 Å². The largest absolute Gasteiger partial charge is 0.455 e. The topological polar surface area (TPSA) is 13.1 Å². The summed E-state index contributed by atoms with van der Waals surface area (Å²) in [5.41, 5.74) is 9.41. The fourth-order valence-electron chi connectivity index (χ4n) is 9.00. The first-order valence-corrected chi connectivity index (χ1v) is 19.3. The van der Waals surface area contributed by atoms with E-state index in [0.717, 1.165) is 16.6 Å². The second kappa shape index (κ2) is 11.4. The molecule has 2 aromatic heterocycles. The van der Waals surface area contributed by atoms with Gasteiger partial charge < -0.3 is 4.42 Å². The summed E-state index contributed by atoms with van der Waals surface area (Å²) in [6.45, 7) is 0. The highest BCUT2D eigenvalue weighted by molar-refractivity contribution is 7.26. The predicted octanol–water partition coefficient (Wildman–Crippen LogP) is 15.6. The molecular formula is C52H30OS. The Morgan fingerprint density at radius 3 is 1.67 bits per heavy atom. The van der Waals surface area contributed by atoms with Gasteiger partial charge in [0.15, 0.2) is 0 Å². The number of thiophene rings is 1. The Bertz CT molecular complexity index is 3430. The summed E-state index contributed by atoms with van der Waals surface area (Å²) >= 11 is 1.86. The predicted molar refractivity (Wildman–Crippen MR) is 233 cm³/mol. The molecule has 0 unspecified atom stereocenters. The van der Waals surface area contributed by atoms with Crippen LogP contribution >= 0.6 is 11.3 Å². The van der Waals surface area contributed by atoms with Crippen LogP contribution in [0.2, 0.25) is 0 Å². The van der Waals surface area contributed by atoms with E-state index in [1.54, 1.807) is 0 Å². The van der Waals surface area contributed by atoms with Crippen molar-refractivity contribution >= 4 is 96.5 Å². The SMILES string of the molecule is c1ccc2c(-c3c4ccccc4c(-c4ccc(-c5ccc6sc7c(ccc8oc9c%10ccccc%10ccc9c87)c6c5)cc4)c4ccccc34)cccc2c1. The Morgan fingerprint density at radius 2 is 0.926 bits per heavy atom. The van der Waals surface area contributed by atoms with Gasteiger partial charge in [-0.25, -0.2) is 0 Å². The number of rotatable bonds is 3. The summed E-state index contributed by atoms with van der Waals surface area (Å²) in [7, 11) is 0. The average molecular weight is 703 g/mol. The van der Waals surface area contributed by atoms with Gasteiger partial charge in [-0.15, -0.1) is 11.3 Å². The number of hydrogen-bond donors (Lipinski definition) is 0. The van der Waals surface area contributed by atoms with Crippen LogP contribution in [0, 0.1) is 0 Å². The highest BCUT2D eigenvalue weighted by Gasteiger charge is 2.19. The van der Waals surface area contributed by atoms with Crippen LogP contribution in [-0.4, -0.2) is 0 Å². The van der Waals surface area contributed by atoms with Crippen molar-refractivity contribution < 1.29 is 4.42 Å². The third-order valence-electron chi connectivity index (χ3n) is 11.5. The van der Waals surface area contributed by atoms with Crippen LogP contribution in [0.3, 0.4) is 0 Å². The molecule has 0 saturated heterocycles. The third kappa shape index (κ3) is 4.26. The zero-order valence-electron chi connectivity index (χ0n) is 29.1. The van der Waals surface area contributed by atoms with E-state index in [1.165, 1.54) is 102 Å². The smallest absolute Gasteiger partial charge is 0.143 e. The molecule has 0 radical (unpaired) electrons. The summed E-state index contributed by atoms with van der Waals surface area (Å²) in [6, 6.07) is 66.7. The van der Waals surface area contributed by atoms with Crippen molar-refractivity contribution in [1.82, 2.24) is 0 Å². The fourth-order valence-corrected chi connectivity index (χ4v) is 10.2. The van der Waals surface area contributed by atoms with Gasteiger partial charge in [-0.1, -0.05) is 152 Å². The number of furan rings is 1. The molecule has 1 nitrogen and oxygen atoms in total. The zero-order chi connectivity index (χ0) is 35.3. The molecule has 0 aliphatic rings. The summed E-state index contributed by atoms with van der Waals surface area (Å²) < 4.78 is 9.09. The van der Waals surface area contributed by atoms with Crippen LogP contribution in [0.1, 0.15) is 0 Å². The second-order valence-electron chi connectivity index (χ2n) is 14.3.